The fourth-order valence-corrected chi connectivity index (χ4v) is 1.53. The van der Waals surface area contributed by atoms with Gasteiger partial charge in [0.15, 0.2) is 11.1 Å². The molecule has 6 heteroatoms. The Morgan fingerprint density at radius 1 is 1.37 bits per heavy atom. The summed E-state index contributed by atoms with van der Waals surface area (Å²) >= 11 is 0. The molecule has 104 valence electrons. The lowest BCUT2D eigenvalue weighted by Crippen LogP contribution is -2.45. The van der Waals surface area contributed by atoms with Crippen LogP contribution in [-0.2, 0) is 16.0 Å². The van der Waals surface area contributed by atoms with E-state index in [1.165, 1.54) is 0 Å². The van der Waals surface area contributed by atoms with E-state index in [-0.39, 0.29) is 6.42 Å². The van der Waals surface area contributed by atoms with Crippen molar-refractivity contribution in [2.45, 2.75) is 38.8 Å². The van der Waals surface area contributed by atoms with Crippen LogP contribution in [0.2, 0.25) is 0 Å². The van der Waals surface area contributed by atoms with Gasteiger partial charge >= 0.3 is 5.97 Å². The first-order valence-electron chi connectivity index (χ1n) is 5.95. The molecule has 1 rings (SSSR count). The summed E-state index contributed by atoms with van der Waals surface area (Å²) in [5, 5.41) is 9.83. The number of carbonyl (C=O) groups excluding carboxylic acids is 1. The fourth-order valence-electron chi connectivity index (χ4n) is 1.53. The maximum atomic E-state index is 11.9. The van der Waals surface area contributed by atoms with Crippen molar-refractivity contribution in [2.75, 3.05) is 0 Å². The van der Waals surface area contributed by atoms with E-state index < -0.39 is 22.6 Å². The van der Waals surface area contributed by atoms with Crippen LogP contribution in [0.25, 0.3) is 0 Å². The number of nitrogens with zero attached hydrogens (tertiary/aromatic N) is 1. The van der Waals surface area contributed by atoms with Crippen molar-refractivity contribution in [1.29, 1.82) is 0 Å². The maximum absolute atomic E-state index is 11.9. The van der Waals surface area contributed by atoms with Gasteiger partial charge in [-0.25, -0.2) is 14.9 Å². The lowest BCUT2D eigenvalue weighted by Gasteiger charge is -2.22. The number of rotatable bonds is 5. The molecular formula is C13H18N2O4. The Morgan fingerprint density at radius 3 is 2.42 bits per heavy atom. The normalized spacial score (nSPS) is 12.6. The molecule has 1 atom stereocenters. The van der Waals surface area contributed by atoms with Crippen LogP contribution in [-0.4, -0.2) is 22.6 Å². The lowest BCUT2D eigenvalue weighted by atomic mass is 10.1. The molecule has 1 aromatic carbocycles. The van der Waals surface area contributed by atoms with Gasteiger partial charge in [0, 0.05) is 6.42 Å². The maximum Gasteiger partial charge on any atom is 0.335 e. The van der Waals surface area contributed by atoms with Crippen LogP contribution in [0.1, 0.15) is 26.3 Å². The molecule has 0 aliphatic rings. The second-order valence-electron chi connectivity index (χ2n) is 5.16. The minimum absolute atomic E-state index is 0.205. The van der Waals surface area contributed by atoms with Crippen molar-refractivity contribution in [1.82, 2.24) is 5.43 Å². The average molecular weight is 266 g/mol. The molecule has 0 saturated carbocycles. The van der Waals surface area contributed by atoms with Crippen LogP contribution in [0.4, 0.5) is 0 Å². The predicted octanol–water partition coefficient (Wildman–Crippen LogP) is 1.72. The Morgan fingerprint density at radius 2 is 1.95 bits per heavy atom. The summed E-state index contributed by atoms with van der Waals surface area (Å²) in [6.45, 7) is 5.16. The van der Waals surface area contributed by atoms with Crippen molar-refractivity contribution in [3.05, 3.63) is 46.0 Å². The second kappa shape index (κ2) is 6.17. The summed E-state index contributed by atoms with van der Waals surface area (Å²) in [6, 6.07) is 8.07. The molecule has 0 unspecified atom stereocenters. The van der Waals surface area contributed by atoms with E-state index in [0.29, 0.717) is 0 Å². The van der Waals surface area contributed by atoms with Gasteiger partial charge in [0.25, 0.3) is 0 Å². The van der Waals surface area contributed by atoms with Crippen LogP contribution >= 0.6 is 0 Å². The number of esters is 1. The first kappa shape index (κ1) is 14.9. The lowest BCUT2D eigenvalue weighted by molar-refractivity contribution is -0.548. The van der Waals surface area contributed by atoms with Gasteiger partial charge < -0.3 is 4.74 Å². The highest BCUT2D eigenvalue weighted by molar-refractivity contribution is 5.76. The number of hydrazine groups is 1. The SMILES string of the molecule is CC(C)(C)OC(=O)[C@H](Cc1ccccc1)N[N+](=O)[O-]. The van der Waals surface area contributed by atoms with Crippen LogP contribution in [0.5, 0.6) is 0 Å². The Labute approximate surface area is 111 Å². The number of ether oxygens (including phenoxy) is 1. The third-order valence-corrected chi connectivity index (χ3v) is 2.24. The summed E-state index contributed by atoms with van der Waals surface area (Å²) in [5.74, 6) is -0.631. The quantitative estimate of drug-likeness (QED) is 0.498. The van der Waals surface area contributed by atoms with Gasteiger partial charge in [-0.15, -0.1) is 5.43 Å². The molecule has 0 aliphatic carbocycles. The van der Waals surface area contributed by atoms with E-state index >= 15 is 0 Å². The minimum atomic E-state index is -1.00. The molecule has 0 aliphatic heterocycles. The molecule has 1 N–H and O–H groups in total. The monoisotopic (exact) mass is 266 g/mol. The van der Waals surface area contributed by atoms with Gasteiger partial charge in [0.05, 0.1) is 0 Å². The molecular weight excluding hydrogens is 248 g/mol. The summed E-state index contributed by atoms with van der Waals surface area (Å²) in [7, 11) is 0. The Kier molecular flexibility index (Phi) is 4.86. The van der Waals surface area contributed by atoms with Crippen LogP contribution in [0.3, 0.4) is 0 Å². The molecule has 0 saturated heterocycles. The molecule has 0 fully saturated rings. The van der Waals surface area contributed by atoms with E-state index in [0.717, 1.165) is 5.56 Å². The standard InChI is InChI=1S/C13H18N2O4/c1-13(2,3)19-12(16)11(14-15(17)18)9-10-7-5-4-6-8-10/h4-8,11,14H,9H2,1-3H3/t11-/m0/s1. The molecule has 0 spiro atoms. The molecule has 1 aromatic rings. The van der Waals surface area contributed by atoms with Gasteiger partial charge in [-0.2, -0.15) is 0 Å². The number of benzene rings is 1. The summed E-state index contributed by atoms with van der Waals surface area (Å²) in [4.78, 5) is 22.5. The third-order valence-electron chi connectivity index (χ3n) is 2.24. The molecule has 0 aromatic heterocycles. The van der Waals surface area contributed by atoms with Gasteiger partial charge in [-0.05, 0) is 26.3 Å². The topological polar surface area (TPSA) is 81.5 Å². The first-order chi connectivity index (χ1) is 8.78. The Balaban J connectivity index is 2.77. The molecule has 0 amide bonds. The summed E-state index contributed by atoms with van der Waals surface area (Å²) < 4.78 is 5.17. The molecule has 19 heavy (non-hydrogen) atoms. The zero-order chi connectivity index (χ0) is 14.5. The highest BCUT2D eigenvalue weighted by atomic mass is 16.7. The van der Waals surface area contributed by atoms with Crippen LogP contribution in [0, 0.1) is 10.1 Å². The van der Waals surface area contributed by atoms with Crippen LogP contribution < -0.4 is 5.43 Å². The van der Waals surface area contributed by atoms with Crippen molar-refractivity contribution in [3.8, 4) is 0 Å². The van der Waals surface area contributed by atoms with E-state index in [9.17, 15) is 14.9 Å². The van der Waals surface area contributed by atoms with E-state index in [4.69, 9.17) is 4.74 Å². The van der Waals surface area contributed by atoms with Crippen molar-refractivity contribution in [3.63, 3.8) is 0 Å². The summed E-state index contributed by atoms with van der Waals surface area (Å²) in [6.07, 6.45) is 0.205. The number of carbonyl (C=O) groups is 1. The second-order valence-corrected chi connectivity index (χ2v) is 5.16. The van der Waals surface area contributed by atoms with Crippen molar-refractivity contribution >= 4 is 5.97 Å². The number of hydrogen-bond acceptors (Lipinski definition) is 4. The third kappa shape index (κ3) is 5.85. The molecule has 6 nitrogen and oxygen atoms in total. The highest BCUT2D eigenvalue weighted by Crippen LogP contribution is 2.11. The van der Waals surface area contributed by atoms with Crippen molar-refractivity contribution in [2.24, 2.45) is 0 Å². The van der Waals surface area contributed by atoms with Gasteiger partial charge in [0.1, 0.15) is 5.60 Å². The van der Waals surface area contributed by atoms with E-state index in [2.05, 4.69) is 0 Å². The number of nitrogens with one attached hydrogen (secondary N) is 1. The zero-order valence-electron chi connectivity index (χ0n) is 11.3. The Bertz CT molecular complexity index is 440. The van der Waals surface area contributed by atoms with Crippen LogP contribution in [0.15, 0.2) is 30.3 Å². The number of nitro groups is 1. The highest BCUT2D eigenvalue weighted by Gasteiger charge is 2.28. The molecule has 0 heterocycles. The van der Waals surface area contributed by atoms with Gasteiger partial charge in [-0.3, -0.25) is 0 Å². The fraction of sp³-hybridized carbons (Fsp3) is 0.462. The van der Waals surface area contributed by atoms with Gasteiger partial charge in [-0.1, -0.05) is 30.3 Å². The Hall–Kier alpha value is -2.11. The predicted molar refractivity (Wildman–Crippen MR) is 69.9 cm³/mol. The average Bonchev–Trinajstić information content (AvgIpc) is 2.26. The van der Waals surface area contributed by atoms with Gasteiger partial charge in [0.2, 0.25) is 0 Å². The first-order valence-corrected chi connectivity index (χ1v) is 5.95. The molecule has 0 bridgehead atoms. The van der Waals surface area contributed by atoms with E-state index in [1.807, 2.05) is 23.6 Å². The number of hydrogen-bond donors (Lipinski definition) is 1. The smallest absolute Gasteiger partial charge is 0.335 e. The largest absolute Gasteiger partial charge is 0.458 e. The zero-order valence-corrected chi connectivity index (χ0v) is 11.3. The molecule has 0 radical (unpaired) electrons. The minimum Gasteiger partial charge on any atom is -0.458 e. The van der Waals surface area contributed by atoms with Crippen molar-refractivity contribution < 1.29 is 14.6 Å². The van der Waals surface area contributed by atoms with E-state index in [1.54, 1.807) is 32.9 Å². The summed E-state index contributed by atoms with van der Waals surface area (Å²) in [5.41, 5.74) is 2.15.